The average molecular weight is 230 g/mol. The van der Waals surface area contributed by atoms with Gasteiger partial charge in [-0.3, -0.25) is 4.98 Å². The zero-order chi connectivity index (χ0) is 12.1. The Kier molecular flexibility index (Phi) is 4.16. The van der Waals surface area contributed by atoms with E-state index in [0.29, 0.717) is 5.69 Å². The molecule has 0 aliphatic heterocycles. The van der Waals surface area contributed by atoms with Crippen LogP contribution in [-0.2, 0) is 4.74 Å². The summed E-state index contributed by atoms with van der Waals surface area (Å²) in [6.45, 7) is 1.74. The number of alkyl halides is 2. The van der Waals surface area contributed by atoms with E-state index in [9.17, 15) is 13.6 Å². The van der Waals surface area contributed by atoms with Crippen LogP contribution >= 0.6 is 0 Å². The number of carbonyl (C=O) groups excluding carboxylic acids is 1. The van der Waals surface area contributed by atoms with E-state index in [4.69, 9.17) is 0 Å². The van der Waals surface area contributed by atoms with E-state index in [2.05, 4.69) is 15.0 Å². The second kappa shape index (κ2) is 5.39. The Morgan fingerprint density at radius 2 is 2.31 bits per heavy atom. The molecule has 88 valence electrons. The van der Waals surface area contributed by atoms with Gasteiger partial charge in [0.25, 0.3) is 6.43 Å². The van der Waals surface area contributed by atoms with Gasteiger partial charge in [0.2, 0.25) is 0 Å². The van der Waals surface area contributed by atoms with E-state index in [-0.39, 0.29) is 12.2 Å². The van der Waals surface area contributed by atoms with Gasteiger partial charge in [-0.05, 0) is 13.0 Å². The lowest BCUT2D eigenvalue weighted by Crippen LogP contribution is -2.10. The molecule has 4 nitrogen and oxygen atoms in total. The highest BCUT2D eigenvalue weighted by Crippen LogP contribution is 2.23. The Hall–Kier alpha value is -1.72. The lowest BCUT2D eigenvalue weighted by atomic mass is 10.2. The van der Waals surface area contributed by atoms with Gasteiger partial charge < -0.3 is 10.1 Å². The fourth-order valence-electron chi connectivity index (χ4n) is 1.16. The number of aromatic nitrogens is 1. The number of pyridine rings is 1. The van der Waals surface area contributed by atoms with Crippen molar-refractivity contribution in [1.29, 1.82) is 0 Å². The number of esters is 1. The van der Waals surface area contributed by atoms with Crippen LogP contribution in [0.1, 0.15) is 29.4 Å². The van der Waals surface area contributed by atoms with Crippen LogP contribution in [0, 0.1) is 0 Å². The van der Waals surface area contributed by atoms with Gasteiger partial charge in [-0.1, -0.05) is 0 Å². The van der Waals surface area contributed by atoms with E-state index >= 15 is 0 Å². The SMILES string of the molecule is CCOC(=O)c1cc(NC)cnc1C(F)F. The molecule has 1 rings (SSSR count). The lowest BCUT2D eigenvalue weighted by Gasteiger charge is -2.09. The van der Waals surface area contributed by atoms with Crippen molar-refractivity contribution in [2.45, 2.75) is 13.3 Å². The van der Waals surface area contributed by atoms with Crippen LogP contribution in [0.15, 0.2) is 12.3 Å². The first kappa shape index (κ1) is 12.4. The van der Waals surface area contributed by atoms with Crippen LogP contribution in [0.5, 0.6) is 0 Å². The van der Waals surface area contributed by atoms with E-state index < -0.39 is 18.1 Å². The van der Waals surface area contributed by atoms with Crippen LogP contribution in [0.25, 0.3) is 0 Å². The van der Waals surface area contributed by atoms with Crippen molar-refractivity contribution in [3.05, 3.63) is 23.5 Å². The molecular formula is C10H12F2N2O2. The summed E-state index contributed by atoms with van der Waals surface area (Å²) in [5.41, 5.74) is -0.284. The molecule has 0 aliphatic rings. The zero-order valence-corrected chi connectivity index (χ0v) is 8.96. The highest BCUT2D eigenvalue weighted by Gasteiger charge is 2.21. The monoisotopic (exact) mass is 230 g/mol. The molecule has 0 bridgehead atoms. The van der Waals surface area contributed by atoms with Gasteiger partial charge in [-0.15, -0.1) is 0 Å². The molecule has 0 unspecified atom stereocenters. The Balaban J connectivity index is 3.14. The third kappa shape index (κ3) is 2.65. The van der Waals surface area contributed by atoms with E-state index in [0.717, 1.165) is 0 Å². The molecule has 0 saturated heterocycles. The molecule has 0 radical (unpaired) electrons. The van der Waals surface area contributed by atoms with Crippen LogP contribution in [-0.4, -0.2) is 24.6 Å². The van der Waals surface area contributed by atoms with Crippen molar-refractivity contribution in [3.8, 4) is 0 Å². The van der Waals surface area contributed by atoms with Crippen LogP contribution < -0.4 is 5.32 Å². The predicted octanol–water partition coefficient (Wildman–Crippen LogP) is 2.24. The Morgan fingerprint density at radius 3 is 2.81 bits per heavy atom. The number of nitrogens with one attached hydrogen (secondary N) is 1. The average Bonchev–Trinajstić information content (AvgIpc) is 2.28. The minimum atomic E-state index is -2.80. The third-order valence-electron chi connectivity index (χ3n) is 1.91. The number of halogens is 2. The van der Waals surface area contributed by atoms with Crippen LogP contribution in [0.2, 0.25) is 0 Å². The maximum absolute atomic E-state index is 12.6. The first-order chi connectivity index (χ1) is 7.60. The first-order valence-corrected chi connectivity index (χ1v) is 4.73. The normalized spacial score (nSPS) is 10.3. The minimum absolute atomic E-state index is 0.130. The number of hydrogen-bond donors (Lipinski definition) is 1. The molecule has 0 amide bonds. The lowest BCUT2D eigenvalue weighted by molar-refractivity contribution is 0.0513. The quantitative estimate of drug-likeness (QED) is 0.806. The summed E-state index contributed by atoms with van der Waals surface area (Å²) in [6, 6.07) is 1.30. The van der Waals surface area contributed by atoms with Crippen molar-refractivity contribution >= 4 is 11.7 Å². The predicted molar refractivity (Wildman–Crippen MR) is 54.7 cm³/mol. The number of ether oxygens (including phenoxy) is 1. The van der Waals surface area contributed by atoms with Gasteiger partial charge in [0.15, 0.2) is 0 Å². The molecule has 1 aromatic rings. The summed E-state index contributed by atoms with van der Waals surface area (Å²) < 4.78 is 29.8. The fraction of sp³-hybridized carbons (Fsp3) is 0.400. The third-order valence-corrected chi connectivity index (χ3v) is 1.91. The summed E-state index contributed by atoms with van der Waals surface area (Å²) in [7, 11) is 1.61. The molecular weight excluding hydrogens is 218 g/mol. The number of hydrogen-bond acceptors (Lipinski definition) is 4. The van der Waals surface area contributed by atoms with Gasteiger partial charge >= 0.3 is 5.97 Å². The molecule has 1 heterocycles. The van der Waals surface area contributed by atoms with Gasteiger partial charge in [-0.25, -0.2) is 13.6 Å². The summed E-state index contributed by atoms with van der Waals surface area (Å²) in [6.07, 6.45) is -1.56. The number of anilines is 1. The van der Waals surface area contributed by atoms with Crippen LogP contribution in [0.4, 0.5) is 14.5 Å². The van der Waals surface area contributed by atoms with Crippen molar-refractivity contribution in [1.82, 2.24) is 4.98 Å². The van der Waals surface area contributed by atoms with Crippen molar-refractivity contribution in [2.24, 2.45) is 0 Å². The van der Waals surface area contributed by atoms with Gasteiger partial charge in [0.1, 0.15) is 5.69 Å². The van der Waals surface area contributed by atoms with Crippen molar-refractivity contribution in [2.75, 3.05) is 19.0 Å². The summed E-state index contributed by atoms with van der Waals surface area (Å²) in [5, 5.41) is 2.72. The Labute approximate surface area is 91.6 Å². The standard InChI is InChI=1S/C10H12F2N2O2/c1-3-16-10(15)7-4-6(13-2)5-14-8(7)9(11)12/h4-5,9,13H,3H2,1-2H3. The van der Waals surface area contributed by atoms with Gasteiger partial charge in [0.05, 0.1) is 24.1 Å². The van der Waals surface area contributed by atoms with Crippen molar-refractivity contribution in [3.63, 3.8) is 0 Å². The highest BCUT2D eigenvalue weighted by atomic mass is 19.3. The second-order valence-electron chi connectivity index (χ2n) is 2.93. The molecule has 0 spiro atoms. The summed E-state index contributed by atoms with van der Waals surface area (Å²) in [4.78, 5) is 15.0. The largest absolute Gasteiger partial charge is 0.462 e. The zero-order valence-electron chi connectivity index (χ0n) is 8.96. The molecule has 0 fully saturated rings. The molecule has 1 aromatic heterocycles. The topological polar surface area (TPSA) is 51.2 Å². The second-order valence-corrected chi connectivity index (χ2v) is 2.93. The Bertz CT molecular complexity index is 383. The summed E-state index contributed by atoms with van der Waals surface area (Å²) >= 11 is 0. The van der Waals surface area contributed by atoms with E-state index in [1.54, 1.807) is 14.0 Å². The smallest absolute Gasteiger partial charge is 0.340 e. The molecule has 0 aliphatic carbocycles. The van der Waals surface area contributed by atoms with Crippen molar-refractivity contribution < 1.29 is 18.3 Å². The maximum atomic E-state index is 12.6. The highest BCUT2D eigenvalue weighted by molar-refractivity contribution is 5.91. The molecule has 0 atom stereocenters. The maximum Gasteiger partial charge on any atom is 0.340 e. The van der Waals surface area contributed by atoms with Crippen LogP contribution in [0.3, 0.4) is 0 Å². The molecule has 16 heavy (non-hydrogen) atoms. The Morgan fingerprint density at radius 1 is 1.62 bits per heavy atom. The first-order valence-electron chi connectivity index (χ1n) is 4.73. The molecule has 0 aromatic carbocycles. The molecule has 1 N–H and O–H groups in total. The molecule has 6 heteroatoms. The van der Waals surface area contributed by atoms with E-state index in [1.165, 1.54) is 12.3 Å². The summed E-state index contributed by atoms with van der Waals surface area (Å²) in [5.74, 6) is -0.789. The number of rotatable bonds is 4. The fourth-order valence-corrected chi connectivity index (χ4v) is 1.16. The number of nitrogens with zero attached hydrogens (tertiary/aromatic N) is 1. The van der Waals surface area contributed by atoms with Gasteiger partial charge in [-0.2, -0.15) is 0 Å². The minimum Gasteiger partial charge on any atom is -0.462 e. The number of carbonyl (C=O) groups is 1. The van der Waals surface area contributed by atoms with E-state index in [1.807, 2.05) is 0 Å². The van der Waals surface area contributed by atoms with Gasteiger partial charge in [0, 0.05) is 7.05 Å². The molecule has 0 saturated carbocycles.